The quantitative estimate of drug-likeness (QED) is 0.0187. The average molecular weight is 1010 g/mol. The maximum atomic E-state index is 14.5. The highest BCUT2D eigenvalue weighted by Crippen LogP contribution is 2.43. The van der Waals surface area contributed by atoms with Crippen LogP contribution < -0.4 is 10.6 Å². The second-order valence-corrected chi connectivity index (χ2v) is 18.0. The summed E-state index contributed by atoms with van der Waals surface area (Å²) in [6.07, 6.45) is -0.696. The van der Waals surface area contributed by atoms with E-state index in [0.717, 1.165) is 39.0 Å². The summed E-state index contributed by atoms with van der Waals surface area (Å²) in [5.74, 6) is -1.20. The van der Waals surface area contributed by atoms with Crippen molar-refractivity contribution < 1.29 is 24.0 Å². The molecule has 1 saturated heterocycles. The smallest absolute Gasteiger partial charge is 0.356 e. The highest BCUT2D eigenvalue weighted by atomic mass is 127. The number of aromatic nitrogens is 1. The second-order valence-electron chi connectivity index (χ2n) is 15.3. The Hall–Kier alpha value is -6.55. The Kier molecular flexibility index (Phi) is 13.5. The van der Waals surface area contributed by atoms with Crippen LogP contribution in [-0.2, 0) is 36.1 Å². The van der Waals surface area contributed by atoms with Gasteiger partial charge in [0.05, 0.1) is 0 Å². The summed E-state index contributed by atoms with van der Waals surface area (Å²) >= 11 is 5.02. The van der Waals surface area contributed by atoms with E-state index in [2.05, 4.69) is 74.8 Å². The number of carbonyl (C=O) groups excluding carboxylic acids is 3. The van der Waals surface area contributed by atoms with Crippen molar-refractivity contribution in [2.24, 2.45) is 5.16 Å². The van der Waals surface area contributed by atoms with Crippen molar-refractivity contribution in [3.8, 4) is 0 Å². The van der Waals surface area contributed by atoms with Gasteiger partial charge in [0.1, 0.15) is 35.0 Å². The number of benzene rings is 6. The third-order valence-electron chi connectivity index (χ3n) is 11.2. The number of anilines is 1. The Bertz CT molecular complexity index is 2680. The van der Waals surface area contributed by atoms with Gasteiger partial charge < -0.3 is 20.2 Å². The number of ether oxygens (including phenoxy) is 1. The van der Waals surface area contributed by atoms with E-state index in [-0.39, 0.29) is 23.7 Å². The van der Waals surface area contributed by atoms with Gasteiger partial charge in [-0.05, 0) is 39.0 Å². The highest BCUT2D eigenvalue weighted by Gasteiger charge is 2.55. The summed E-state index contributed by atoms with van der Waals surface area (Å²) in [5, 5.41) is 12.8. The van der Waals surface area contributed by atoms with Crippen molar-refractivity contribution in [1.82, 2.24) is 15.2 Å². The van der Waals surface area contributed by atoms with E-state index in [1.807, 2.05) is 146 Å². The zero-order valence-corrected chi connectivity index (χ0v) is 38.6. The number of rotatable bonds is 16. The Morgan fingerprint density at radius 3 is 1.78 bits per heavy atom. The van der Waals surface area contributed by atoms with Gasteiger partial charge in [-0.3, -0.25) is 14.5 Å². The summed E-state index contributed by atoms with van der Waals surface area (Å²) in [4.78, 5) is 55.2. The number of thioether (sulfide) groups is 1. The van der Waals surface area contributed by atoms with Gasteiger partial charge in [0.25, 0.3) is 11.8 Å². The third kappa shape index (κ3) is 9.22. The summed E-state index contributed by atoms with van der Waals surface area (Å²) in [7, 11) is 0. The fourth-order valence-electron chi connectivity index (χ4n) is 8.06. The van der Waals surface area contributed by atoms with Crippen LogP contribution in [-0.4, -0.2) is 55.0 Å². The number of β-lactam (4-membered cyclic amide) rings is 1. The van der Waals surface area contributed by atoms with Crippen LogP contribution in [0.4, 0.5) is 5.13 Å². The van der Waals surface area contributed by atoms with Crippen LogP contribution in [0.3, 0.4) is 0 Å². The molecule has 7 aromatic rings. The molecule has 65 heavy (non-hydrogen) atoms. The SMILES string of the molecule is O=C(NC1C(=O)N2C(C(=O)OC(c3ccccc3)c3ccccc3)=C(CI)CS[C@H]12)C(=NOCc1ccccc1)c1csc(NC(c2ccccc2)(c2ccccc2)c2ccccc2)n1. The lowest BCUT2D eigenvalue weighted by Gasteiger charge is -2.49. The van der Waals surface area contributed by atoms with E-state index in [0.29, 0.717) is 15.3 Å². The first-order valence-electron chi connectivity index (χ1n) is 20.9. The van der Waals surface area contributed by atoms with Gasteiger partial charge in [-0.15, -0.1) is 23.1 Å². The Morgan fingerprint density at radius 1 is 0.754 bits per heavy atom. The Balaban J connectivity index is 0.999. The van der Waals surface area contributed by atoms with Crippen LogP contribution in [0.15, 0.2) is 204 Å². The standard InChI is InChI=1S/C52H42IN5O5S2/c53-31-38-33-64-49-44(48(60)58(49)45(38)50(61)63-46(36-21-9-2-10-22-36)37-23-11-3-12-24-37)55-47(59)43(57-62-32-35-19-7-1-8-20-35)42-34-65-51(54-42)56-52(39-25-13-4-14-26-39,40-27-15-5-16-28-40)41-29-17-6-18-30-41/h1-30,34,44,46,49H,31-33H2,(H,54,56)(H,55,59)/t44?,49-/m1/s1. The molecule has 0 radical (unpaired) electrons. The van der Waals surface area contributed by atoms with Gasteiger partial charge in [-0.25, -0.2) is 9.78 Å². The van der Waals surface area contributed by atoms with Gasteiger partial charge in [-0.2, -0.15) is 0 Å². The number of fused-ring (bicyclic) bond motifs is 1. The molecule has 0 bridgehead atoms. The van der Waals surface area contributed by atoms with Gasteiger partial charge in [0, 0.05) is 15.6 Å². The molecule has 2 N–H and O–H groups in total. The van der Waals surface area contributed by atoms with Crippen LogP contribution in [0.5, 0.6) is 0 Å². The third-order valence-corrected chi connectivity index (χ3v) is 14.2. The van der Waals surface area contributed by atoms with E-state index >= 15 is 0 Å². The molecule has 0 aliphatic carbocycles. The van der Waals surface area contributed by atoms with Crippen molar-refractivity contribution in [2.45, 2.75) is 29.7 Å². The molecule has 9 rings (SSSR count). The molecule has 3 heterocycles. The van der Waals surface area contributed by atoms with E-state index in [1.54, 1.807) is 5.38 Å². The first kappa shape index (κ1) is 43.7. The number of esters is 1. The zero-order chi connectivity index (χ0) is 44.6. The number of hydrogen-bond donors (Lipinski definition) is 2. The second kappa shape index (κ2) is 20.1. The first-order valence-corrected chi connectivity index (χ1v) is 24.4. The van der Waals surface area contributed by atoms with Crippen molar-refractivity contribution in [3.63, 3.8) is 0 Å². The molecule has 10 nitrogen and oxygen atoms in total. The van der Waals surface area contributed by atoms with Crippen LogP contribution in [0, 0.1) is 0 Å². The topological polar surface area (TPSA) is 122 Å². The lowest BCUT2D eigenvalue weighted by molar-refractivity contribution is -0.154. The van der Waals surface area contributed by atoms with Gasteiger partial charge in [-0.1, -0.05) is 210 Å². The van der Waals surface area contributed by atoms with Crippen molar-refractivity contribution in [2.75, 3.05) is 15.5 Å². The summed E-state index contributed by atoms with van der Waals surface area (Å²) in [6.45, 7) is 0.100. The Morgan fingerprint density at radius 2 is 1.26 bits per heavy atom. The number of halogens is 1. The van der Waals surface area contributed by atoms with E-state index in [4.69, 9.17) is 14.6 Å². The molecule has 1 fully saturated rings. The number of carbonyl (C=O) groups is 3. The lowest BCUT2D eigenvalue weighted by atomic mass is 9.77. The summed E-state index contributed by atoms with van der Waals surface area (Å²) in [5.41, 5.74) is 5.72. The number of thiazole rings is 1. The van der Waals surface area contributed by atoms with Crippen LogP contribution in [0.1, 0.15) is 45.2 Å². The highest BCUT2D eigenvalue weighted by molar-refractivity contribution is 14.1. The molecule has 1 unspecified atom stereocenters. The average Bonchev–Trinajstić information content (AvgIpc) is 3.84. The fourth-order valence-corrected chi connectivity index (χ4v) is 11.2. The maximum absolute atomic E-state index is 14.5. The Labute approximate surface area is 398 Å². The number of alkyl halides is 1. The van der Waals surface area contributed by atoms with E-state index in [1.165, 1.54) is 28.0 Å². The first-order chi connectivity index (χ1) is 31.9. The number of amides is 2. The maximum Gasteiger partial charge on any atom is 0.356 e. The van der Waals surface area contributed by atoms with Crippen molar-refractivity contribution >= 4 is 74.3 Å². The monoisotopic (exact) mass is 1010 g/mol. The minimum Gasteiger partial charge on any atom is -0.448 e. The van der Waals surface area contributed by atoms with Crippen LogP contribution >= 0.6 is 45.7 Å². The number of hydrogen-bond acceptors (Lipinski definition) is 10. The minimum atomic E-state index is -0.956. The zero-order valence-electron chi connectivity index (χ0n) is 34.8. The molecular weight excluding hydrogens is 966 g/mol. The molecule has 0 saturated carbocycles. The molecule has 13 heteroatoms. The van der Waals surface area contributed by atoms with E-state index < -0.39 is 40.8 Å². The fraction of sp³-hybridized carbons (Fsp3) is 0.135. The van der Waals surface area contributed by atoms with E-state index in [9.17, 15) is 14.4 Å². The molecule has 2 aliphatic heterocycles. The van der Waals surface area contributed by atoms with Crippen molar-refractivity contribution in [1.29, 1.82) is 0 Å². The predicted molar refractivity (Wildman–Crippen MR) is 264 cm³/mol. The van der Waals surface area contributed by atoms with Gasteiger partial charge in [0.15, 0.2) is 16.9 Å². The van der Waals surface area contributed by atoms with Crippen LogP contribution in [0.2, 0.25) is 0 Å². The largest absolute Gasteiger partial charge is 0.448 e. The molecule has 2 aliphatic rings. The van der Waals surface area contributed by atoms with Gasteiger partial charge >= 0.3 is 5.97 Å². The molecule has 324 valence electrons. The molecule has 0 spiro atoms. The van der Waals surface area contributed by atoms with Gasteiger partial charge in [0.2, 0.25) is 0 Å². The normalized spacial score (nSPS) is 16.1. The molecule has 2 atom stereocenters. The number of oxime groups is 1. The molecule has 2 amide bonds. The molecule has 6 aromatic carbocycles. The number of nitrogens with zero attached hydrogens (tertiary/aromatic N) is 3. The lowest BCUT2D eigenvalue weighted by Crippen LogP contribution is -2.71. The number of nitrogens with one attached hydrogen (secondary N) is 2. The minimum absolute atomic E-state index is 0.0984. The molecular formula is C52H42IN5O5S2. The van der Waals surface area contributed by atoms with Crippen molar-refractivity contribution in [3.05, 3.63) is 238 Å². The molecule has 1 aromatic heterocycles. The summed E-state index contributed by atoms with van der Waals surface area (Å²) < 4.78 is 6.78. The summed E-state index contributed by atoms with van der Waals surface area (Å²) in [6, 6.07) is 58.1. The predicted octanol–water partition coefficient (Wildman–Crippen LogP) is 9.89. The van der Waals surface area contributed by atoms with Crippen LogP contribution in [0.25, 0.3) is 0 Å².